The number of hydrogen-bond acceptors (Lipinski definition) is 7. The number of nitrogens with two attached hydrogens (primary N) is 3. The Balaban J connectivity index is 4.97. The predicted molar refractivity (Wildman–Crippen MR) is 94.9 cm³/mol. The summed E-state index contributed by atoms with van der Waals surface area (Å²) < 4.78 is 0. The fourth-order valence-electron chi connectivity index (χ4n) is 1.72. The number of aliphatic carboxylic acids is 1. The van der Waals surface area contributed by atoms with Gasteiger partial charge in [0, 0.05) is 12.3 Å². The van der Waals surface area contributed by atoms with Crippen LogP contribution in [0, 0.1) is 0 Å². The summed E-state index contributed by atoms with van der Waals surface area (Å²) in [5.74, 6) is -2.94. The molecule has 0 unspecified atom stereocenters. The molecule has 0 saturated carbocycles. The normalized spacial score (nSPS) is 15.4. The van der Waals surface area contributed by atoms with Crippen LogP contribution < -0.4 is 27.8 Å². The summed E-state index contributed by atoms with van der Waals surface area (Å²) in [6, 6.07) is -3.50. The molecule has 144 valence electrons. The van der Waals surface area contributed by atoms with Crippen LogP contribution in [-0.4, -0.2) is 70.5 Å². The van der Waals surface area contributed by atoms with Crippen LogP contribution in [0.25, 0.3) is 0 Å². The van der Waals surface area contributed by atoms with Gasteiger partial charge in [-0.25, -0.2) is 4.79 Å². The fourth-order valence-corrected chi connectivity index (χ4v) is 1.96. The number of nitrogens with one attached hydrogen (secondary N) is 2. The number of carboxylic acid groups (broad SMARTS) is 1. The highest BCUT2D eigenvalue weighted by Crippen LogP contribution is 2.02. The summed E-state index contributed by atoms with van der Waals surface area (Å²) in [4.78, 5) is 39.0. The number of hydrogen-bond donors (Lipinski definition) is 8. The molecule has 0 aromatic heterocycles. The minimum Gasteiger partial charge on any atom is -0.480 e. The minimum absolute atomic E-state index is 0.109. The third kappa shape index (κ3) is 9.12. The van der Waals surface area contributed by atoms with Gasteiger partial charge in [0.15, 0.2) is 5.96 Å². The number of carbonyl (C=O) groups excluding carboxylic acids is 2. The van der Waals surface area contributed by atoms with E-state index >= 15 is 0 Å². The summed E-state index contributed by atoms with van der Waals surface area (Å²) in [6.07, 6.45) is -0.631. The summed E-state index contributed by atoms with van der Waals surface area (Å²) >= 11 is 3.85. The highest BCUT2D eigenvalue weighted by molar-refractivity contribution is 7.80. The number of guanidine groups is 1. The third-order valence-electron chi connectivity index (χ3n) is 3.20. The number of amides is 2. The summed E-state index contributed by atoms with van der Waals surface area (Å²) in [5, 5.41) is 23.0. The number of aliphatic imine (C=N–C) groups is 1. The smallest absolute Gasteiger partial charge is 0.327 e. The Bertz CT molecular complexity index is 497. The van der Waals surface area contributed by atoms with Crippen LogP contribution >= 0.6 is 12.6 Å². The Morgan fingerprint density at radius 3 is 2.16 bits per heavy atom. The zero-order chi connectivity index (χ0) is 19.6. The average Bonchev–Trinajstić information content (AvgIpc) is 2.53. The molecule has 0 fully saturated rings. The van der Waals surface area contributed by atoms with Crippen molar-refractivity contribution in [2.45, 2.75) is 44.0 Å². The molecule has 0 aliphatic carbocycles. The van der Waals surface area contributed by atoms with Crippen molar-refractivity contribution in [3.8, 4) is 0 Å². The van der Waals surface area contributed by atoms with E-state index in [2.05, 4.69) is 28.3 Å². The predicted octanol–water partition coefficient (Wildman–Crippen LogP) is -3.27. The number of aliphatic hydroxyl groups excluding tert-OH is 1. The van der Waals surface area contributed by atoms with E-state index < -0.39 is 42.0 Å². The molecule has 11 nitrogen and oxygen atoms in total. The van der Waals surface area contributed by atoms with Gasteiger partial charge < -0.3 is 38.0 Å². The second-order valence-electron chi connectivity index (χ2n) is 5.36. The molecule has 0 rings (SSSR count). The van der Waals surface area contributed by atoms with Crippen molar-refractivity contribution in [2.75, 3.05) is 12.3 Å². The topological polar surface area (TPSA) is 206 Å². The van der Waals surface area contributed by atoms with E-state index in [-0.39, 0.29) is 24.7 Å². The van der Waals surface area contributed by atoms with E-state index in [9.17, 15) is 19.5 Å². The standard InChI is InChI=1S/C13H26N6O5S/c1-6(20)9(14)11(22)18-7(3-2-4-17-13(15)16)10(21)19-8(5-25)12(23)24/h6-9,20,25H,2-5,14H2,1H3,(H,18,22)(H,19,21)(H,23,24)(H4,15,16,17)/t6-,7+,8+,9+/m1/s1. The van der Waals surface area contributed by atoms with Crippen LogP contribution in [0.4, 0.5) is 0 Å². The van der Waals surface area contributed by atoms with E-state index in [0.29, 0.717) is 6.42 Å². The van der Waals surface area contributed by atoms with Gasteiger partial charge in [-0.3, -0.25) is 14.6 Å². The molecule has 0 aromatic carbocycles. The minimum atomic E-state index is -1.25. The van der Waals surface area contributed by atoms with E-state index in [1.54, 1.807) is 0 Å². The van der Waals surface area contributed by atoms with Crippen molar-refractivity contribution >= 4 is 36.4 Å². The second-order valence-corrected chi connectivity index (χ2v) is 5.72. The first kappa shape index (κ1) is 22.9. The lowest BCUT2D eigenvalue weighted by atomic mass is 10.1. The van der Waals surface area contributed by atoms with Gasteiger partial charge in [0.25, 0.3) is 0 Å². The van der Waals surface area contributed by atoms with Gasteiger partial charge in [0.2, 0.25) is 11.8 Å². The summed E-state index contributed by atoms with van der Waals surface area (Å²) in [7, 11) is 0. The van der Waals surface area contributed by atoms with Crippen molar-refractivity contribution in [3.63, 3.8) is 0 Å². The first-order valence-corrected chi connectivity index (χ1v) is 8.16. The van der Waals surface area contributed by atoms with Gasteiger partial charge in [-0.05, 0) is 19.8 Å². The van der Waals surface area contributed by atoms with Crippen LogP contribution in [0.1, 0.15) is 19.8 Å². The number of aliphatic hydroxyl groups is 1. The maximum Gasteiger partial charge on any atom is 0.327 e. The Morgan fingerprint density at radius 1 is 1.16 bits per heavy atom. The SMILES string of the molecule is C[C@@H](O)[C@H](N)C(=O)N[C@@H](CCCN=C(N)N)C(=O)N[C@@H](CS)C(=O)O. The summed E-state index contributed by atoms with van der Waals surface area (Å²) in [5.41, 5.74) is 15.9. The monoisotopic (exact) mass is 378 g/mol. The molecular weight excluding hydrogens is 352 g/mol. The Labute approximate surface area is 150 Å². The fraction of sp³-hybridized carbons (Fsp3) is 0.692. The Kier molecular flexibility index (Phi) is 10.6. The molecule has 0 aliphatic rings. The molecule has 0 bridgehead atoms. The number of carbonyl (C=O) groups is 3. The van der Waals surface area contributed by atoms with Gasteiger partial charge in [0.1, 0.15) is 18.1 Å². The Hall–Kier alpha value is -2.05. The van der Waals surface area contributed by atoms with Crippen molar-refractivity contribution in [2.24, 2.45) is 22.2 Å². The third-order valence-corrected chi connectivity index (χ3v) is 3.56. The molecule has 10 N–H and O–H groups in total. The highest BCUT2D eigenvalue weighted by Gasteiger charge is 2.28. The maximum absolute atomic E-state index is 12.3. The molecule has 12 heteroatoms. The van der Waals surface area contributed by atoms with E-state index in [0.717, 1.165) is 0 Å². The van der Waals surface area contributed by atoms with E-state index in [1.165, 1.54) is 6.92 Å². The molecule has 0 heterocycles. The van der Waals surface area contributed by atoms with Gasteiger partial charge in [0.05, 0.1) is 6.10 Å². The van der Waals surface area contributed by atoms with Crippen molar-refractivity contribution < 1.29 is 24.6 Å². The van der Waals surface area contributed by atoms with Crippen LogP contribution in [-0.2, 0) is 14.4 Å². The van der Waals surface area contributed by atoms with Gasteiger partial charge >= 0.3 is 5.97 Å². The number of rotatable bonds is 11. The molecule has 0 spiro atoms. The van der Waals surface area contributed by atoms with Crippen LogP contribution in [0.2, 0.25) is 0 Å². The number of thiol groups is 1. The lowest BCUT2D eigenvalue weighted by Crippen LogP contribution is -2.56. The van der Waals surface area contributed by atoms with Crippen molar-refractivity contribution in [1.29, 1.82) is 0 Å². The summed E-state index contributed by atoms with van der Waals surface area (Å²) in [6.45, 7) is 1.55. The number of nitrogens with zero attached hydrogens (tertiary/aromatic N) is 1. The molecule has 0 saturated heterocycles. The van der Waals surface area contributed by atoms with Crippen molar-refractivity contribution in [1.82, 2.24) is 10.6 Å². The molecule has 0 radical (unpaired) electrons. The largest absolute Gasteiger partial charge is 0.480 e. The number of carboxylic acids is 1. The van der Waals surface area contributed by atoms with Gasteiger partial charge in [-0.2, -0.15) is 12.6 Å². The van der Waals surface area contributed by atoms with Gasteiger partial charge in [-0.1, -0.05) is 0 Å². The zero-order valence-electron chi connectivity index (χ0n) is 13.9. The average molecular weight is 378 g/mol. The Morgan fingerprint density at radius 2 is 1.72 bits per heavy atom. The highest BCUT2D eigenvalue weighted by atomic mass is 32.1. The maximum atomic E-state index is 12.3. The van der Waals surface area contributed by atoms with Crippen LogP contribution in [0.3, 0.4) is 0 Å². The molecule has 0 aromatic rings. The van der Waals surface area contributed by atoms with Gasteiger partial charge in [-0.15, -0.1) is 0 Å². The van der Waals surface area contributed by atoms with E-state index in [1.807, 2.05) is 0 Å². The molecule has 0 aliphatic heterocycles. The molecule has 4 atom stereocenters. The van der Waals surface area contributed by atoms with Crippen LogP contribution in [0.15, 0.2) is 4.99 Å². The van der Waals surface area contributed by atoms with Crippen molar-refractivity contribution in [3.05, 3.63) is 0 Å². The first-order chi connectivity index (χ1) is 11.6. The van der Waals surface area contributed by atoms with Crippen LogP contribution in [0.5, 0.6) is 0 Å². The molecule has 2 amide bonds. The second kappa shape index (κ2) is 11.5. The van der Waals surface area contributed by atoms with E-state index in [4.69, 9.17) is 22.3 Å². The molecular formula is C13H26N6O5S. The lowest BCUT2D eigenvalue weighted by molar-refractivity contribution is -0.141. The molecule has 25 heavy (non-hydrogen) atoms. The lowest BCUT2D eigenvalue weighted by Gasteiger charge is -2.23. The quantitative estimate of drug-likeness (QED) is 0.0790. The zero-order valence-corrected chi connectivity index (χ0v) is 14.8. The first-order valence-electron chi connectivity index (χ1n) is 7.53.